The molecule has 90 valence electrons. The molecule has 0 radical (unpaired) electrons. The first-order chi connectivity index (χ1) is 8.92. The number of nitrogens with one attached hydrogen (secondary N) is 2. The summed E-state index contributed by atoms with van der Waals surface area (Å²) in [5, 5.41) is 21.5. The van der Waals surface area contributed by atoms with Crippen LogP contribution >= 0.6 is 11.3 Å². The number of H-pyrrole nitrogens is 1. The van der Waals surface area contributed by atoms with Gasteiger partial charge in [0.1, 0.15) is 0 Å². The van der Waals surface area contributed by atoms with Gasteiger partial charge in [-0.3, -0.25) is 0 Å². The van der Waals surface area contributed by atoms with Crippen molar-refractivity contribution in [2.75, 3.05) is 5.32 Å². The van der Waals surface area contributed by atoms with E-state index in [4.69, 9.17) is 0 Å². The number of tetrazole rings is 1. The second kappa shape index (κ2) is 4.97. The fraction of sp³-hybridized carbons (Fsp3) is 0.0833. The van der Waals surface area contributed by atoms with Crippen molar-refractivity contribution in [2.45, 2.75) is 6.54 Å². The number of thiophene rings is 1. The highest BCUT2D eigenvalue weighted by Gasteiger charge is 2.03. The summed E-state index contributed by atoms with van der Waals surface area (Å²) in [6.45, 7) is 0.819. The number of aromatic nitrogens is 4. The van der Waals surface area contributed by atoms with Crippen LogP contribution in [-0.4, -0.2) is 20.6 Å². The monoisotopic (exact) mass is 257 g/mol. The molecule has 2 aromatic heterocycles. The Bertz CT molecular complexity index is 603. The molecule has 0 amide bonds. The third-order valence-electron chi connectivity index (χ3n) is 2.54. The van der Waals surface area contributed by atoms with Crippen LogP contribution in [0.25, 0.3) is 11.4 Å². The zero-order valence-electron chi connectivity index (χ0n) is 9.50. The molecule has 0 aliphatic carbocycles. The summed E-state index contributed by atoms with van der Waals surface area (Å²) in [5.41, 5.74) is 3.27. The van der Waals surface area contributed by atoms with Crippen LogP contribution in [0.5, 0.6) is 0 Å². The van der Waals surface area contributed by atoms with Crippen LogP contribution in [0.15, 0.2) is 41.1 Å². The summed E-state index contributed by atoms with van der Waals surface area (Å²) < 4.78 is 0. The number of rotatable bonds is 4. The van der Waals surface area contributed by atoms with Crippen LogP contribution in [0.4, 0.5) is 5.69 Å². The Morgan fingerprint density at radius 1 is 1.28 bits per heavy atom. The summed E-state index contributed by atoms with van der Waals surface area (Å²) in [5.74, 6) is 0.606. The quantitative estimate of drug-likeness (QED) is 0.753. The van der Waals surface area contributed by atoms with Crippen LogP contribution in [0.2, 0.25) is 0 Å². The maximum absolute atomic E-state index is 3.96. The molecule has 2 N–H and O–H groups in total. The predicted molar refractivity (Wildman–Crippen MR) is 71.3 cm³/mol. The van der Waals surface area contributed by atoms with Gasteiger partial charge in [-0.2, -0.15) is 16.6 Å². The first-order valence-electron chi connectivity index (χ1n) is 5.50. The molecule has 5 nitrogen and oxygen atoms in total. The van der Waals surface area contributed by atoms with Gasteiger partial charge >= 0.3 is 0 Å². The van der Waals surface area contributed by atoms with Crippen molar-refractivity contribution >= 4 is 17.0 Å². The number of benzene rings is 1. The smallest absolute Gasteiger partial charge is 0.204 e. The molecule has 0 saturated heterocycles. The Labute approximate surface area is 108 Å². The first kappa shape index (κ1) is 10.9. The van der Waals surface area contributed by atoms with Crippen molar-refractivity contribution in [3.63, 3.8) is 0 Å². The Hall–Kier alpha value is -2.21. The molecule has 0 spiro atoms. The number of nitrogens with zero attached hydrogens (tertiary/aromatic N) is 3. The lowest BCUT2D eigenvalue weighted by molar-refractivity contribution is 0.881. The fourth-order valence-electron chi connectivity index (χ4n) is 1.65. The van der Waals surface area contributed by atoms with Gasteiger partial charge < -0.3 is 5.32 Å². The van der Waals surface area contributed by atoms with Crippen molar-refractivity contribution in [1.82, 2.24) is 20.6 Å². The summed E-state index contributed by atoms with van der Waals surface area (Å²) in [6, 6.07) is 10.1. The lowest BCUT2D eigenvalue weighted by atomic mass is 10.2. The van der Waals surface area contributed by atoms with E-state index in [0.717, 1.165) is 17.8 Å². The van der Waals surface area contributed by atoms with Gasteiger partial charge in [0.15, 0.2) is 0 Å². The van der Waals surface area contributed by atoms with E-state index in [0.29, 0.717) is 5.82 Å². The van der Waals surface area contributed by atoms with Gasteiger partial charge in [-0.05, 0) is 39.7 Å². The third kappa shape index (κ3) is 2.38. The molecule has 0 bridgehead atoms. The second-order valence-corrected chi connectivity index (χ2v) is 4.58. The SMILES string of the molecule is c1cc(NCc2ccsc2)cc(-c2nn[nH]n2)c1. The van der Waals surface area contributed by atoms with E-state index in [1.165, 1.54) is 5.56 Å². The largest absolute Gasteiger partial charge is 0.381 e. The van der Waals surface area contributed by atoms with E-state index in [1.807, 2.05) is 24.3 Å². The standard InChI is InChI=1S/C12H11N5S/c1-2-10(12-14-16-17-15-12)6-11(3-1)13-7-9-4-5-18-8-9/h1-6,8,13H,7H2,(H,14,15,16,17). The molecule has 2 heterocycles. The maximum Gasteiger partial charge on any atom is 0.204 e. The van der Waals surface area contributed by atoms with Crippen molar-refractivity contribution in [2.24, 2.45) is 0 Å². The molecular formula is C12H11N5S. The van der Waals surface area contributed by atoms with Gasteiger partial charge in [0.25, 0.3) is 0 Å². The number of hydrogen-bond acceptors (Lipinski definition) is 5. The Morgan fingerprint density at radius 3 is 3.06 bits per heavy atom. The van der Waals surface area contributed by atoms with Gasteiger partial charge in [-0.1, -0.05) is 12.1 Å². The molecule has 18 heavy (non-hydrogen) atoms. The van der Waals surface area contributed by atoms with Gasteiger partial charge in [0, 0.05) is 17.8 Å². The van der Waals surface area contributed by atoms with E-state index >= 15 is 0 Å². The summed E-state index contributed by atoms with van der Waals surface area (Å²) in [4.78, 5) is 0. The van der Waals surface area contributed by atoms with Crippen LogP contribution in [0.3, 0.4) is 0 Å². The molecular weight excluding hydrogens is 246 g/mol. The molecule has 0 unspecified atom stereocenters. The van der Waals surface area contributed by atoms with Crippen molar-refractivity contribution in [3.05, 3.63) is 46.7 Å². The van der Waals surface area contributed by atoms with E-state index in [1.54, 1.807) is 11.3 Å². The summed E-state index contributed by atoms with van der Waals surface area (Å²) >= 11 is 1.70. The molecule has 1 aromatic carbocycles. The highest BCUT2D eigenvalue weighted by molar-refractivity contribution is 7.07. The minimum Gasteiger partial charge on any atom is -0.381 e. The van der Waals surface area contributed by atoms with Gasteiger partial charge in [-0.15, -0.1) is 10.2 Å². The molecule has 0 saturated carbocycles. The van der Waals surface area contributed by atoms with Crippen LogP contribution < -0.4 is 5.32 Å². The summed E-state index contributed by atoms with van der Waals surface area (Å²) in [6.07, 6.45) is 0. The Kier molecular flexibility index (Phi) is 3.01. The molecule has 6 heteroatoms. The van der Waals surface area contributed by atoms with Crippen LogP contribution in [0, 0.1) is 0 Å². The third-order valence-corrected chi connectivity index (χ3v) is 3.27. The Balaban J connectivity index is 1.75. The lowest BCUT2D eigenvalue weighted by Gasteiger charge is -2.05. The summed E-state index contributed by atoms with van der Waals surface area (Å²) in [7, 11) is 0. The van der Waals surface area contributed by atoms with E-state index in [2.05, 4.69) is 42.8 Å². The zero-order chi connectivity index (χ0) is 12.2. The first-order valence-corrected chi connectivity index (χ1v) is 6.45. The number of anilines is 1. The maximum atomic E-state index is 3.96. The van der Waals surface area contributed by atoms with E-state index in [9.17, 15) is 0 Å². The minimum atomic E-state index is 0.606. The van der Waals surface area contributed by atoms with Gasteiger partial charge in [0.05, 0.1) is 0 Å². The number of hydrogen-bond donors (Lipinski definition) is 2. The second-order valence-electron chi connectivity index (χ2n) is 3.80. The molecule has 3 rings (SSSR count). The molecule has 0 aliphatic rings. The van der Waals surface area contributed by atoms with Crippen molar-refractivity contribution in [1.29, 1.82) is 0 Å². The zero-order valence-corrected chi connectivity index (χ0v) is 10.3. The normalized spacial score (nSPS) is 10.4. The molecule has 3 aromatic rings. The predicted octanol–water partition coefficient (Wildman–Crippen LogP) is 2.54. The molecule has 0 fully saturated rings. The molecule has 0 aliphatic heterocycles. The topological polar surface area (TPSA) is 66.5 Å². The van der Waals surface area contributed by atoms with E-state index in [-0.39, 0.29) is 0 Å². The highest BCUT2D eigenvalue weighted by atomic mass is 32.1. The van der Waals surface area contributed by atoms with Gasteiger partial charge in [0.2, 0.25) is 5.82 Å². The van der Waals surface area contributed by atoms with E-state index < -0.39 is 0 Å². The minimum absolute atomic E-state index is 0.606. The van der Waals surface area contributed by atoms with Crippen molar-refractivity contribution in [3.8, 4) is 11.4 Å². The average molecular weight is 257 g/mol. The molecule has 0 atom stereocenters. The average Bonchev–Trinajstić information content (AvgIpc) is 3.10. The number of aromatic amines is 1. The lowest BCUT2D eigenvalue weighted by Crippen LogP contribution is -1.98. The fourth-order valence-corrected chi connectivity index (χ4v) is 2.32. The van der Waals surface area contributed by atoms with Gasteiger partial charge in [-0.25, -0.2) is 0 Å². The Morgan fingerprint density at radius 2 is 2.28 bits per heavy atom. The van der Waals surface area contributed by atoms with Crippen LogP contribution in [0.1, 0.15) is 5.56 Å². The van der Waals surface area contributed by atoms with Crippen molar-refractivity contribution < 1.29 is 0 Å². The highest BCUT2D eigenvalue weighted by Crippen LogP contribution is 2.19. The van der Waals surface area contributed by atoms with Crippen LogP contribution in [-0.2, 0) is 6.54 Å².